The van der Waals surface area contributed by atoms with Gasteiger partial charge in [0.05, 0.1) is 31.0 Å². The summed E-state index contributed by atoms with van der Waals surface area (Å²) in [5.41, 5.74) is 1.17. The molecule has 2 aromatic rings. The number of fused-ring (bicyclic) bond motifs is 1. The lowest BCUT2D eigenvalue weighted by molar-refractivity contribution is -0.118. The Labute approximate surface area is 162 Å². The van der Waals surface area contributed by atoms with E-state index in [1.165, 1.54) is 18.1 Å². The average molecular weight is 386 g/mol. The molecule has 0 aromatic heterocycles. The largest absolute Gasteiger partial charge is 0.493 e. The molecule has 2 aromatic carbocycles. The highest BCUT2D eigenvalue weighted by atomic mass is 19.1. The van der Waals surface area contributed by atoms with E-state index in [0.717, 1.165) is 6.07 Å². The summed E-state index contributed by atoms with van der Waals surface area (Å²) in [6.07, 6.45) is 1.76. The van der Waals surface area contributed by atoms with Gasteiger partial charge in [0.1, 0.15) is 11.6 Å². The smallest absolute Gasteiger partial charge is 0.227 e. The third-order valence-corrected chi connectivity index (χ3v) is 4.62. The molecular weight excluding hydrogens is 366 g/mol. The van der Waals surface area contributed by atoms with Crippen molar-refractivity contribution >= 4 is 11.6 Å². The predicted molar refractivity (Wildman–Crippen MR) is 99.5 cm³/mol. The van der Waals surface area contributed by atoms with Gasteiger partial charge in [-0.25, -0.2) is 8.78 Å². The zero-order valence-corrected chi connectivity index (χ0v) is 15.5. The Morgan fingerprint density at radius 2 is 2.07 bits per heavy atom. The first-order chi connectivity index (χ1) is 13.5. The molecule has 0 bridgehead atoms. The number of amides is 1. The number of methoxy groups -OCH3 is 1. The molecule has 0 fully saturated rings. The SMILES string of the molecule is COc1cc(C#N)ccc1OCCCC(=O)N1CCCc2c(F)cc(F)cc21. The lowest BCUT2D eigenvalue weighted by atomic mass is 10.0. The average Bonchev–Trinajstić information content (AvgIpc) is 2.70. The molecule has 0 radical (unpaired) electrons. The summed E-state index contributed by atoms with van der Waals surface area (Å²) in [6.45, 7) is 0.714. The molecule has 3 rings (SSSR count). The van der Waals surface area contributed by atoms with E-state index in [2.05, 4.69) is 0 Å². The van der Waals surface area contributed by atoms with Crippen LogP contribution in [0.3, 0.4) is 0 Å². The topological polar surface area (TPSA) is 62.6 Å². The van der Waals surface area contributed by atoms with Crippen LogP contribution < -0.4 is 14.4 Å². The maximum atomic E-state index is 14.0. The number of benzene rings is 2. The van der Waals surface area contributed by atoms with Crippen LogP contribution in [0.5, 0.6) is 11.5 Å². The second-order valence-corrected chi connectivity index (χ2v) is 6.46. The van der Waals surface area contributed by atoms with Gasteiger partial charge in [0, 0.05) is 30.7 Å². The van der Waals surface area contributed by atoms with E-state index in [1.807, 2.05) is 6.07 Å². The van der Waals surface area contributed by atoms with E-state index in [0.29, 0.717) is 54.1 Å². The second-order valence-electron chi connectivity index (χ2n) is 6.46. The molecule has 0 saturated carbocycles. The lowest BCUT2D eigenvalue weighted by Crippen LogP contribution is -2.36. The molecule has 0 unspecified atom stereocenters. The summed E-state index contributed by atoms with van der Waals surface area (Å²) in [7, 11) is 1.49. The maximum Gasteiger partial charge on any atom is 0.227 e. The number of ether oxygens (including phenoxy) is 2. The molecule has 0 N–H and O–H groups in total. The Bertz CT molecular complexity index is 925. The zero-order chi connectivity index (χ0) is 20.1. The predicted octanol–water partition coefficient (Wildman–Crippen LogP) is 3.98. The molecular formula is C21H20F2N2O3. The highest BCUT2D eigenvalue weighted by molar-refractivity contribution is 5.94. The summed E-state index contributed by atoms with van der Waals surface area (Å²) >= 11 is 0. The lowest BCUT2D eigenvalue weighted by Gasteiger charge is -2.30. The van der Waals surface area contributed by atoms with E-state index in [9.17, 15) is 13.6 Å². The van der Waals surface area contributed by atoms with Crippen LogP contribution in [0.4, 0.5) is 14.5 Å². The summed E-state index contributed by atoms with van der Waals surface area (Å²) in [5.74, 6) is -0.556. The van der Waals surface area contributed by atoms with Crippen molar-refractivity contribution < 1.29 is 23.0 Å². The zero-order valence-electron chi connectivity index (χ0n) is 15.5. The van der Waals surface area contributed by atoms with Crippen molar-refractivity contribution in [3.05, 3.63) is 53.1 Å². The van der Waals surface area contributed by atoms with Crippen molar-refractivity contribution in [3.63, 3.8) is 0 Å². The maximum absolute atomic E-state index is 14.0. The van der Waals surface area contributed by atoms with Crippen LogP contribution in [0, 0.1) is 23.0 Å². The Kier molecular flexibility index (Phi) is 6.09. The highest BCUT2D eigenvalue weighted by Crippen LogP contribution is 2.31. The second kappa shape index (κ2) is 8.70. The number of halogens is 2. The summed E-state index contributed by atoms with van der Waals surface area (Å²) < 4.78 is 38.4. The fourth-order valence-corrected chi connectivity index (χ4v) is 3.27. The first-order valence-electron chi connectivity index (χ1n) is 9.02. The van der Waals surface area contributed by atoms with E-state index >= 15 is 0 Å². The third kappa shape index (κ3) is 4.22. The molecule has 0 saturated heterocycles. The van der Waals surface area contributed by atoms with Gasteiger partial charge in [-0.2, -0.15) is 5.26 Å². The van der Waals surface area contributed by atoms with Gasteiger partial charge in [-0.1, -0.05) is 0 Å². The molecule has 1 aliphatic heterocycles. The summed E-state index contributed by atoms with van der Waals surface area (Å²) in [4.78, 5) is 14.0. The first kappa shape index (κ1) is 19.6. The number of rotatable bonds is 6. The Hall–Kier alpha value is -3.14. The van der Waals surface area contributed by atoms with Gasteiger partial charge in [0.25, 0.3) is 0 Å². The van der Waals surface area contributed by atoms with Crippen LogP contribution in [0.25, 0.3) is 0 Å². The fraction of sp³-hybridized carbons (Fsp3) is 0.333. The van der Waals surface area contributed by atoms with Crippen LogP contribution in [-0.2, 0) is 11.2 Å². The van der Waals surface area contributed by atoms with Crippen molar-refractivity contribution in [1.82, 2.24) is 0 Å². The van der Waals surface area contributed by atoms with Gasteiger partial charge in [0.2, 0.25) is 5.91 Å². The summed E-state index contributed by atoms with van der Waals surface area (Å²) in [6, 6.07) is 8.94. The van der Waals surface area contributed by atoms with Crippen LogP contribution in [0.1, 0.15) is 30.4 Å². The minimum absolute atomic E-state index is 0.191. The molecule has 146 valence electrons. The number of hydrogen-bond donors (Lipinski definition) is 0. The molecule has 1 amide bonds. The van der Waals surface area contributed by atoms with Gasteiger partial charge in [-0.3, -0.25) is 4.79 Å². The van der Waals surface area contributed by atoms with Gasteiger partial charge in [0.15, 0.2) is 11.5 Å². The fourth-order valence-electron chi connectivity index (χ4n) is 3.27. The van der Waals surface area contributed by atoms with Crippen LogP contribution in [0.15, 0.2) is 30.3 Å². The molecule has 0 aliphatic carbocycles. The van der Waals surface area contributed by atoms with Crippen molar-refractivity contribution in [2.45, 2.75) is 25.7 Å². The van der Waals surface area contributed by atoms with Gasteiger partial charge in [-0.15, -0.1) is 0 Å². The molecule has 0 spiro atoms. The minimum Gasteiger partial charge on any atom is -0.493 e. The monoisotopic (exact) mass is 386 g/mol. The van der Waals surface area contributed by atoms with Crippen molar-refractivity contribution in [2.24, 2.45) is 0 Å². The molecule has 0 atom stereocenters. The van der Waals surface area contributed by atoms with Crippen LogP contribution in [-0.4, -0.2) is 26.2 Å². The quantitative estimate of drug-likeness (QED) is 0.705. The number of carbonyl (C=O) groups excluding carboxylic acids is 1. The molecule has 1 heterocycles. The summed E-state index contributed by atoms with van der Waals surface area (Å²) in [5, 5.41) is 8.92. The minimum atomic E-state index is -0.688. The van der Waals surface area contributed by atoms with E-state index in [4.69, 9.17) is 14.7 Å². The van der Waals surface area contributed by atoms with Gasteiger partial charge in [-0.05, 0) is 37.5 Å². The van der Waals surface area contributed by atoms with Gasteiger partial charge < -0.3 is 14.4 Å². The van der Waals surface area contributed by atoms with E-state index in [1.54, 1.807) is 18.2 Å². The normalized spacial score (nSPS) is 12.9. The molecule has 1 aliphatic rings. The van der Waals surface area contributed by atoms with E-state index in [-0.39, 0.29) is 18.9 Å². The van der Waals surface area contributed by atoms with Crippen molar-refractivity contribution in [1.29, 1.82) is 5.26 Å². The molecule has 28 heavy (non-hydrogen) atoms. The number of nitrogens with zero attached hydrogens (tertiary/aromatic N) is 2. The standard InChI is InChI=1S/C21H20F2N2O3/c1-27-20-10-14(13-24)6-7-19(20)28-9-3-5-21(26)25-8-2-4-16-17(23)11-15(22)12-18(16)25/h6-7,10-12H,2-5,8-9H2,1H3. The number of anilines is 1. The molecule has 5 nitrogen and oxygen atoms in total. The van der Waals surface area contributed by atoms with E-state index < -0.39 is 11.6 Å². The first-order valence-corrected chi connectivity index (χ1v) is 9.02. The molecule has 7 heteroatoms. The number of nitriles is 1. The third-order valence-electron chi connectivity index (χ3n) is 4.62. The van der Waals surface area contributed by atoms with Crippen molar-refractivity contribution in [2.75, 3.05) is 25.2 Å². The van der Waals surface area contributed by atoms with Crippen LogP contribution >= 0.6 is 0 Å². The van der Waals surface area contributed by atoms with Crippen molar-refractivity contribution in [3.8, 4) is 17.6 Å². The Morgan fingerprint density at radius 3 is 2.82 bits per heavy atom. The number of carbonyl (C=O) groups is 1. The Balaban J connectivity index is 1.59. The van der Waals surface area contributed by atoms with Gasteiger partial charge >= 0.3 is 0 Å². The highest BCUT2D eigenvalue weighted by Gasteiger charge is 2.25. The van der Waals surface area contributed by atoms with Crippen LogP contribution in [0.2, 0.25) is 0 Å². The number of hydrogen-bond acceptors (Lipinski definition) is 4. The Morgan fingerprint density at radius 1 is 1.25 bits per heavy atom.